The highest BCUT2D eigenvalue weighted by Crippen LogP contribution is 2.43. The van der Waals surface area contributed by atoms with Gasteiger partial charge in [-0.25, -0.2) is 4.37 Å². The fourth-order valence-electron chi connectivity index (χ4n) is 4.20. The summed E-state index contributed by atoms with van der Waals surface area (Å²) in [5.74, 6) is 0.0466. The second-order valence-corrected chi connectivity index (χ2v) is 8.03. The first-order valence-corrected chi connectivity index (χ1v) is 9.46. The standard InChI is InChI=1S/C19H23N3OS/c20-17(16-6-10-21-24-16)18(23)22-11-8-19(9-12-22)7-5-14-3-1-2-4-15(14)13-19/h1-4,6,10,17H,5,7-9,11-13,20H2. The van der Waals surface area contributed by atoms with Crippen molar-refractivity contribution in [3.8, 4) is 0 Å². The number of hydrogen-bond donors (Lipinski definition) is 1. The van der Waals surface area contributed by atoms with Gasteiger partial charge in [-0.2, -0.15) is 0 Å². The second kappa shape index (κ2) is 6.30. The molecule has 2 heterocycles. The fraction of sp³-hybridized carbons (Fsp3) is 0.474. The molecule has 0 bridgehead atoms. The molecule has 2 aromatic rings. The molecular weight excluding hydrogens is 318 g/mol. The molecule has 2 N–H and O–H groups in total. The average Bonchev–Trinajstić information content (AvgIpc) is 3.16. The monoisotopic (exact) mass is 341 g/mol. The van der Waals surface area contributed by atoms with E-state index in [0.717, 1.165) is 37.2 Å². The van der Waals surface area contributed by atoms with Crippen molar-refractivity contribution >= 4 is 17.4 Å². The molecule has 1 atom stereocenters. The van der Waals surface area contributed by atoms with E-state index >= 15 is 0 Å². The zero-order valence-electron chi connectivity index (χ0n) is 13.8. The van der Waals surface area contributed by atoms with Crippen molar-refractivity contribution in [2.45, 2.75) is 38.1 Å². The van der Waals surface area contributed by atoms with Crippen LogP contribution in [0.25, 0.3) is 0 Å². The Morgan fingerprint density at radius 1 is 1.17 bits per heavy atom. The van der Waals surface area contributed by atoms with E-state index < -0.39 is 6.04 Å². The molecule has 4 nitrogen and oxygen atoms in total. The quantitative estimate of drug-likeness (QED) is 0.913. The Labute approximate surface area is 146 Å². The number of benzene rings is 1. The van der Waals surface area contributed by atoms with Crippen LogP contribution in [0.1, 0.15) is 41.3 Å². The zero-order chi connectivity index (χ0) is 16.6. The SMILES string of the molecule is NC(C(=O)N1CCC2(CCc3ccccc3C2)CC1)c1ccns1. The number of amides is 1. The minimum Gasteiger partial charge on any atom is -0.341 e. The molecule has 1 aliphatic heterocycles. The van der Waals surface area contributed by atoms with Crippen molar-refractivity contribution in [1.82, 2.24) is 9.27 Å². The van der Waals surface area contributed by atoms with Crippen molar-refractivity contribution < 1.29 is 4.79 Å². The van der Waals surface area contributed by atoms with Crippen LogP contribution < -0.4 is 5.73 Å². The lowest BCUT2D eigenvalue weighted by Gasteiger charge is -2.45. The largest absolute Gasteiger partial charge is 0.341 e. The predicted molar refractivity (Wildman–Crippen MR) is 95.8 cm³/mol. The van der Waals surface area contributed by atoms with Gasteiger partial charge in [0.2, 0.25) is 5.91 Å². The molecule has 5 heteroatoms. The summed E-state index contributed by atoms with van der Waals surface area (Å²) in [5, 5.41) is 0. The van der Waals surface area contributed by atoms with Gasteiger partial charge in [-0.3, -0.25) is 4.79 Å². The average molecular weight is 341 g/mol. The molecule has 2 aliphatic rings. The fourth-order valence-corrected chi connectivity index (χ4v) is 4.78. The summed E-state index contributed by atoms with van der Waals surface area (Å²) in [4.78, 5) is 15.5. The molecule has 1 saturated heterocycles. The van der Waals surface area contributed by atoms with E-state index in [1.807, 2.05) is 11.0 Å². The van der Waals surface area contributed by atoms with E-state index in [1.165, 1.54) is 35.5 Å². The summed E-state index contributed by atoms with van der Waals surface area (Å²) in [6, 6.07) is 10.1. The Morgan fingerprint density at radius 2 is 1.92 bits per heavy atom. The number of carbonyl (C=O) groups is 1. The van der Waals surface area contributed by atoms with Crippen LogP contribution in [0.5, 0.6) is 0 Å². The van der Waals surface area contributed by atoms with Crippen molar-refractivity contribution in [3.05, 3.63) is 52.5 Å². The first-order valence-electron chi connectivity index (χ1n) is 8.69. The van der Waals surface area contributed by atoms with Gasteiger partial charge >= 0.3 is 0 Å². The Bertz CT molecular complexity index is 720. The van der Waals surface area contributed by atoms with Gasteiger partial charge in [-0.05, 0) is 66.2 Å². The number of rotatable bonds is 2. The van der Waals surface area contributed by atoms with Gasteiger partial charge in [0.05, 0.1) is 4.88 Å². The Morgan fingerprint density at radius 3 is 2.62 bits per heavy atom. The van der Waals surface area contributed by atoms with Crippen LogP contribution in [0.2, 0.25) is 0 Å². The normalized spacial score (nSPS) is 20.6. The molecule has 1 aromatic heterocycles. The molecule has 1 aromatic carbocycles. The van der Waals surface area contributed by atoms with E-state index in [2.05, 4.69) is 28.6 Å². The first-order chi connectivity index (χ1) is 11.7. The molecule has 1 spiro atoms. The summed E-state index contributed by atoms with van der Waals surface area (Å²) in [6.07, 6.45) is 7.45. The third-order valence-electron chi connectivity index (χ3n) is 5.77. The molecule has 0 radical (unpaired) electrons. The predicted octanol–water partition coefficient (Wildman–Crippen LogP) is 2.94. The van der Waals surface area contributed by atoms with Crippen LogP contribution >= 0.6 is 11.5 Å². The summed E-state index contributed by atoms with van der Waals surface area (Å²) >= 11 is 1.31. The molecule has 1 fully saturated rings. The third-order valence-corrected chi connectivity index (χ3v) is 6.60. The molecule has 1 amide bonds. The highest BCUT2D eigenvalue weighted by Gasteiger charge is 2.39. The van der Waals surface area contributed by atoms with Crippen LogP contribution in [0.15, 0.2) is 36.5 Å². The van der Waals surface area contributed by atoms with Crippen LogP contribution in [-0.4, -0.2) is 28.3 Å². The van der Waals surface area contributed by atoms with Gasteiger partial charge in [0.1, 0.15) is 6.04 Å². The van der Waals surface area contributed by atoms with E-state index in [4.69, 9.17) is 5.73 Å². The molecule has 24 heavy (non-hydrogen) atoms. The summed E-state index contributed by atoms with van der Waals surface area (Å²) in [6.45, 7) is 1.65. The smallest absolute Gasteiger partial charge is 0.244 e. The van der Waals surface area contributed by atoms with Gasteiger partial charge in [0, 0.05) is 19.3 Å². The minimum atomic E-state index is -0.557. The van der Waals surface area contributed by atoms with Crippen LogP contribution in [0, 0.1) is 5.41 Å². The number of piperidine rings is 1. The summed E-state index contributed by atoms with van der Waals surface area (Å²) in [5.41, 5.74) is 9.51. The van der Waals surface area contributed by atoms with Gasteiger partial charge < -0.3 is 10.6 Å². The maximum absolute atomic E-state index is 12.6. The maximum Gasteiger partial charge on any atom is 0.244 e. The number of likely N-dealkylation sites (tertiary alicyclic amines) is 1. The summed E-state index contributed by atoms with van der Waals surface area (Å²) in [7, 11) is 0. The van der Waals surface area contributed by atoms with Crippen LogP contribution in [-0.2, 0) is 17.6 Å². The van der Waals surface area contributed by atoms with E-state index in [1.54, 1.807) is 6.20 Å². The number of nitrogens with two attached hydrogens (primary N) is 1. The van der Waals surface area contributed by atoms with Crippen molar-refractivity contribution in [3.63, 3.8) is 0 Å². The van der Waals surface area contributed by atoms with Crippen molar-refractivity contribution in [1.29, 1.82) is 0 Å². The first kappa shape index (κ1) is 15.8. The number of aryl methyl sites for hydroxylation is 1. The Balaban J connectivity index is 1.41. The molecule has 4 rings (SSSR count). The van der Waals surface area contributed by atoms with Gasteiger partial charge in [0.25, 0.3) is 0 Å². The number of aromatic nitrogens is 1. The molecular formula is C19H23N3OS. The second-order valence-electron chi connectivity index (χ2n) is 7.16. The summed E-state index contributed by atoms with van der Waals surface area (Å²) < 4.78 is 4.05. The Hall–Kier alpha value is -1.72. The lowest BCUT2D eigenvalue weighted by Crippen LogP contribution is -2.47. The highest BCUT2D eigenvalue weighted by atomic mass is 32.1. The number of nitrogens with zero attached hydrogens (tertiary/aromatic N) is 2. The molecule has 126 valence electrons. The molecule has 0 saturated carbocycles. The number of carbonyl (C=O) groups excluding carboxylic acids is 1. The van der Waals surface area contributed by atoms with E-state index in [0.29, 0.717) is 5.41 Å². The lowest BCUT2D eigenvalue weighted by molar-refractivity contribution is -0.135. The minimum absolute atomic E-state index is 0.0466. The highest BCUT2D eigenvalue weighted by molar-refractivity contribution is 7.05. The van der Waals surface area contributed by atoms with Crippen molar-refractivity contribution in [2.24, 2.45) is 11.1 Å². The number of fused-ring (bicyclic) bond motifs is 1. The molecule has 1 unspecified atom stereocenters. The Kier molecular flexibility index (Phi) is 4.14. The van der Waals surface area contributed by atoms with Gasteiger partial charge in [-0.1, -0.05) is 24.3 Å². The van der Waals surface area contributed by atoms with E-state index in [9.17, 15) is 4.79 Å². The van der Waals surface area contributed by atoms with E-state index in [-0.39, 0.29) is 5.91 Å². The zero-order valence-corrected chi connectivity index (χ0v) is 14.6. The molecule has 1 aliphatic carbocycles. The van der Waals surface area contributed by atoms with Crippen LogP contribution in [0.4, 0.5) is 0 Å². The van der Waals surface area contributed by atoms with Crippen molar-refractivity contribution in [2.75, 3.05) is 13.1 Å². The maximum atomic E-state index is 12.6. The van der Waals surface area contributed by atoms with Gasteiger partial charge in [-0.15, -0.1) is 0 Å². The topological polar surface area (TPSA) is 59.2 Å². The lowest BCUT2D eigenvalue weighted by atomic mass is 9.66. The van der Waals surface area contributed by atoms with Gasteiger partial charge in [0.15, 0.2) is 0 Å². The van der Waals surface area contributed by atoms with Crippen LogP contribution in [0.3, 0.4) is 0 Å². The number of hydrogen-bond acceptors (Lipinski definition) is 4. The third kappa shape index (κ3) is 2.87.